The van der Waals surface area contributed by atoms with Crippen molar-refractivity contribution in [3.63, 3.8) is 0 Å². The van der Waals surface area contributed by atoms with Gasteiger partial charge in [0.25, 0.3) is 0 Å². The number of rotatable bonds is 0. The fraction of sp³-hybridized carbons (Fsp3) is 0.115. The molecule has 0 amide bonds. The zero-order valence-corrected chi connectivity index (χ0v) is 21.2. The Hall–Kier alpha value is -4.47. The van der Waals surface area contributed by atoms with Gasteiger partial charge in [0.2, 0.25) is 0 Å². The van der Waals surface area contributed by atoms with Gasteiger partial charge in [-0.05, 0) is 93.6 Å². The number of nitrogens with zero attached hydrogens (tertiary/aromatic N) is 2. The number of aromatic amines is 2. The first-order valence-electron chi connectivity index (χ1n) is 10.6. The molecule has 8 bridgehead atoms. The summed E-state index contributed by atoms with van der Waals surface area (Å²) in [4.78, 5) is 42.7. The van der Waals surface area contributed by atoms with E-state index in [-0.39, 0.29) is 17.1 Å². The normalized spacial score (nSPS) is 10.2. The Morgan fingerprint density at radius 2 is 0.784 bits per heavy atom. The molecule has 0 aliphatic carbocycles. The van der Waals surface area contributed by atoms with E-state index in [1.165, 1.54) is 0 Å². The summed E-state index contributed by atoms with van der Waals surface area (Å²) in [6, 6.07) is 16.4. The van der Waals surface area contributed by atoms with E-state index < -0.39 is 17.9 Å². The molecule has 37 heavy (non-hydrogen) atoms. The van der Waals surface area contributed by atoms with Crippen LogP contribution < -0.4 is 15.3 Å². The van der Waals surface area contributed by atoms with Crippen molar-refractivity contribution in [3.05, 3.63) is 71.3 Å². The molecular weight excluding hydrogens is 520 g/mol. The van der Waals surface area contributed by atoms with Gasteiger partial charge in [-0.25, -0.2) is 9.97 Å². The molecule has 11 heteroatoms. The average Bonchev–Trinajstić information content (AvgIpc) is 3.52. The molecule has 3 aromatic rings. The minimum Gasteiger partial charge on any atom is -0.550 e. The maximum atomic E-state index is 8.89. The Balaban J connectivity index is 0.000000449. The summed E-state index contributed by atoms with van der Waals surface area (Å²) in [6.07, 6.45) is 8.05. The number of fused-ring (bicyclic) bond motifs is 8. The molecule has 0 fully saturated rings. The third-order valence-corrected chi connectivity index (χ3v) is 4.04. The average molecular weight is 543 g/mol. The van der Waals surface area contributed by atoms with Gasteiger partial charge in [0, 0.05) is 40.0 Å². The maximum absolute atomic E-state index is 8.89. The number of H-pyrrole nitrogens is 2. The van der Waals surface area contributed by atoms with E-state index in [1.54, 1.807) is 0 Å². The summed E-state index contributed by atoms with van der Waals surface area (Å²) >= 11 is 0. The molecule has 0 aromatic carbocycles. The molecule has 0 atom stereocenters. The molecule has 10 nitrogen and oxygen atoms in total. The summed E-state index contributed by atoms with van der Waals surface area (Å²) in [5, 5.41) is 26.7. The van der Waals surface area contributed by atoms with Crippen molar-refractivity contribution in [2.24, 2.45) is 0 Å². The standard InChI is InChI=1S/C20H14N4.3C2H4O2.Fe/c1-2-14-10-16-5-6-18(23-16)12-20-8-7-19(24-20)11-17-4-3-15(22-17)9-13(1)21-14;3*1-2(3)4;/h1-12,21-22H;3*1H3,(H,3,4);/q;;;;+3/p-3. The summed E-state index contributed by atoms with van der Waals surface area (Å²) in [5.41, 5.74) is 7.86. The molecule has 5 heterocycles. The van der Waals surface area contributed by atoms with E-state index in [0.29, 0.717) is 0 Å². The van der Waals surface area contributed by atoms with Crippen molar-refractivity contribution < 1.29 is 46.8 Å². The first kappa shape index (κ1) is 30.6. The summed E-state index contributed by atoms with van der Waals surface area (Å²) in [7, 11) is 0. The van der Waals surface area contributed by atoms with Gasteiger partial charge in [-0.15, -0.1) is 0 Å². The maximum Gasteiger partial charge on any atom is 3.00 e. The largest absolute Gasteiger partial charge is 3.00 e. The smallest absolute Gasteiger partial charge is 0.550 e. The van der Waals surface area contributed by atoms with Crippen LogP contribution in [-0.4, -0.2) is 37.8 Å². The van der Waals surface area contributed by atoms with E-state index >= 15 is 0 Å². The van der Waals surface area contributed by atoms with Gasteiger partial charge in [-0.2, -0.15) is 0 Å². The Bertz CT molecular complexity index is 1340. The Kier molecular flexibility index (Phi) is 12.2. The number of carboxylic acid groups (broad SMARTS) is 3. The fourth-order valence-corrected chi connectivity index (χ4v) is 2.94. The minimum atomic E-state index is -1.08. The number of hydrogen-bond acceptors (Lipinski definition) is 8. The number of carbonyl (C=O) groups is 3. The van der Waals surface area contributed by atoms with Crippen molar-refractivity contribution in [3.8, 4) is 0 Å². The molecule has 5 rings (SSSR count). The molecule has 0 saturated carbocycles. The van der Waals surface area contributed by atoms with Crippen molar-refractivity contribution in [2.45, 2.75) is 20.8 Å². The van der Waals surface area contributed by atoms with Gasteiger partial charge in [-0.3, -0.25) is 0 Å². The molecule has 0 spiro atoms. The van der Waals surface area contributed by atoms with Gasteiger partial charge in [-0.1, -0.05) is 0 Å². The molecule has 2 aliphatic rings. The number of hydrogen-bond donors (Lipinski definition) is 2. The Morgan fingerprint density at radius 3 is 1.08 bits per heavy atom. The number of carboxylic acids is 3. The third-order valence-electron chi connectivity index (χ3n) is 4.04. The van der Waals surface area contributed by atoms with Crippen molar-refractivity contribution in [2.75, 3.05) is 0 Å². The fourth-order valence-electron chi connectivity index (χ4n) is 2.94. The predicted molar refractivity (Wildman–Crippen MR) is 131 cm³/mol. The molecular formula is C26H23FeN4O6. The minimum absolute atomic E-state index is 0. The molecule has 2 aliphatic heterocycles. The summed E-state index contributed by atoms with van der Waals surface area (Å²) < 4.78 is 0. The molecule has 3 aromatic heterocycles. The van der Waals surface area contributed by atoms with Crippen LogP contribution >= 0.6 is 0 Å². The van der Waals surface area contributed by atoms with E-state index in [9.17, 15) is 0 Å². The van der Waals surface area contributed by atoms with Gasteiger partial charge >= 0.3 is 17.1 Å². The second-order valence-electron chi connectivity index (χ2n) is 7.38. The molecule has 191 valence electrons. The van der Waals surface area contributed by atoms with Crippen molar-refractivity contribution in [1.29, 1.82) is 0 Å². The van der Waals surface area contributed by atoms with E-state index in [2.05, 4.69) is 50.3 Å². The first-order chi connectivity index (χ1) is 17.0. The summed E-state index contributed by atoms with van der Waals surface area (Å²) in [5.74, 6) is -3.25. The van der Waals surface area contributed by atoms with Crippen LogP contribution in [0.2, 0.25) is 0 Å². The number of nitrogens with one attached hydrogen (secondary N) is 2. The molecule has 0 unspecified atom stereocenters. The third kappa shape index (κ3) is 12.2. The van der Waals surface area contributed by atoms with Crippen LogP contribution in [0.1, 0.15) is 43.5 Å². The van der Waals surface area contributed by atoms with E-state index in [0.717, 1.165) is 65.6 Å². The van der Waals surface area contributed by atoms with Gasteiger partial charge in [0.1, 0.15) is 0 Å². The van der Waals surface area contributed by atoms with Gasteiger partial charge in [0.05, 0.1) is 22.8 Å². The molecule has 2 N–H and O–H groups in total. The van der Waals surface area contributed by atoms with Crippen molar-refractivity contribution in [1.82, 2.24) is 19.9 Å². The Morgan fingerprint density at radius 1 is 0.541 bits per heavy atom. The SMILES string of the molecule is C1=Cc2cc3ccc(cc4ccc(cc5nc(cc1n2)C=C5)[nH]4)[nH]3.CC(=O)[O-].CC(=O)[O-].CC(=O)[O-].[Fe+3]. The zero-order valence-electron chi connectivity index (χ0n) is 20.1. The molecule has 1 radical (unpaired) electrons. The van der Waals surface area contributed by atoms with Gasteiger partial charge < -0.3 is 39.7 Å². The number of aliphatic carboxylic acids is 3. The van der Waals surface area contributed by atoms with Crippen LogP contribution in [0.4, 0.5) is 0 Å². The number of aromatic nitrogens is 4. The first-order valence-corrected chi connectivity index (χ1v) is 10.6. The van der Waals surface area contributed by atoms with Crippen molar-refractivity contribution >= 4 is 64.3 Å². The van der Waals surface area contributed by atoms with Crippen LogP contribution in [0, 0.1) is 0 Å². The predicted octanol–water partition coefficient (Wildman–Crippen LogP) is 0.922. The van der Waals surface area contributed by atoms with E-state index in [4.69, 9.17) is 29.7 Å². The van der Waals surface area contributed by atoms with Crippen LogP contribution in [0.5, 0.6) is 0 Å². The van der Waals surface area contributed by atoms with Gasteiger partial charge in [0.15, 0.2) is 0 Å². The topological polar surface area (TPSA) is 178 Å². The monoisotopic (exact) mass is 543 g/mol. The number of carbonyl (C=O) groups excluding carboxylic acids is 3. The second-order valence-corrected chi connectivity index (χ2v) is 7.38. The molecule has 0 saturated heterocycles. The van der Waals surface area contributed by atoms with Crippen LogP contribution in [0.25, 0.3) is 46.4 Å². The van der Waals surface area contributed by atoms with Crippen LogP contribution in [-0.2, 0) is 31.5 Å². The second kappa shape index (κ2) is 14.8. The quantitative estimate of drug-likeness (QED) is 0.271. The Labute approximate surface area is 222 Å². The van der Waals surface area contributed by atoms with Crippen LogP contribution in [0.15, 0.2) is 48.5 Å². The van der Waals surface area contributed by atoms with E-state index in [1.807, 2.05) is 42.5 Å². The summed E-state index contributed by atoms with van der Waals surface area (Å²) in [6.45, 7) is 2.92. The zero-order chi connectivity index (χ0) is 26.7. The van der Waals surface area contributed by atoms with Crippen LogP contribution in [0.3, 0.4) is 0 Å².